The first-order valence-electron chi connectivity index (χ1n) is 8.02. The Hall–Kier alpha value is -2.52. The molecule has 3 aromatic rings. The number of alkyl halides is 3. The molecule has 9 heteroatoms. The zero-order chi connectivity index (χ0) is 19.8. The van der Waals surface area contributed by atoms with Crippen LogP contribution in [0.2, 0.25) is 0 Å². The fourth-order valence-corrected chi connectivity index (χ4v) is 3.25. The predicted octanol–water partition coefficient (Wildman–Crippen LogP) is 4.02. The van der Waals surface area contributed by atoms with Gasteiger partial charge in [-0.25, -0.2) is 9.97 Å². The van der Waals surface area contributed by atoms with E-state index in [4.69, 9.17) is 0 Å². The highest BCUT2D eigenvalue weighted by atomic mass is 32.1. The Kier molecular flexibility index (Phi) is 4.92. The van der Waals surface area contributed by atoms with Gasteiger partial charge in [-0.3, -0.25) is 0 Å². The average molecular weight is 395 g/mol. The third-order valence-corrected chi connectivity index (χ3v) is 4.83. The standard InChI is InChI=1S/C18H18F3N4OS/c1-17(2,26)12-6-11(14-9-25(3)10-27-14)7-13(8-12)23-16-22-5-4-15(24-16)18(19,20)21/h4-10,26H,1-3H3,(H,22,23,24)/q+1. The second kappa shape index (κ2) is 6.90. The zero-order valence-corrected chi connectivity index (χ0v) is 15.7. The molecule has 0 bridgehead atoms. The number of hydrogen-bond acceptors (Lipinski definition) is 5. The van der Waals surface area contributed by atoms with E-state index in [9.17, 15) is 18.3 Å². The van der Waals surface area contributed by atoms with E-state index in [1.165, 1.54) is 11.3 Å². The number of nitrogens with one attached hydrogen (secondary N) is 1. The molecule has 2 heterocycles. The molecule has 0 saturated carbocycles. The molecule has 5 nitrogen and oxygen atoms in total. The number of aliphatic hydroxyl groups is 1. The summed E-state index contributed by atoms with van der Waals surface area (Å²) in [5.74, 6) is -0.166. The van der Waals surface area contributed by atoms with Crippen molar-refractivity contribution in [3.63, 3.8) is 0 Å². The molecular weight excluding hydrogens is 377 g/mol. The summed E-state index contributed by atoms with van der Waals surface area (Å²) in [5.41, 5.74) is 1.71. The number of thiazole rings is 1. The van der Waals surface area contributed by atoms with Gasteiger partial charge in [-0.1, -0.05) is 11.3 Å². The zero-order valence-electron chi connectivity index (χ0n) is 14.9. The van der Waals surface area contributed by atoms with Gasteiger partial charge < -0.3 is 10.4 Å². The van der Waals surface area contributed by atoms with Crippen molar-refractivity contribution in [2.45, 2.75) is 25.6 Å². The van der Waals surface area contributed by atoms with Crippen molar-refractivity contribution in [3.8, 4) is 10.4 Å². The Morgan fingerprint density at radius 2 is 1.93 bits per heavy atom. The van der Waals surface area contributed by atoms with Crippen molar-refractivity contribution in [1.29, 1.82) is 0 Å². The van der Waals surface area contributed by atoms with Crippen LogP contribution in [0.3, 0.4) is 0 Å². The Morgan fingerprint density at radius 3 is 2.52 bits per heavy atom. The van der Waals surface area contributed by atoms with Gasteiger partial charge >= 0.3 is 6.18 Å². The highest BCUT2D eigenvalue weighted by Crippen LogP contribution is 2.33. The minimum Gasteiger partial charge on any atom is -0.386 e. The fraction of sp³-hybridized carbons (Fsp3) is 0.278. The monoisotopic (exact) mass is 395 g/mol. The number of anilines is 2. The van der Waals surface area contributed by atoms with Gasteiger partial charge in [0, 0.05) is 17.4 Å². The molecule has 1 aromatic carbocycles. The highest BCUT2D eigenvalue weighted by molar-refractivity contribution is 7.12. The van der Waals surface area contributed by atoms with E-state index in [2.05, 4.69) is 15.3 Å². The van der Waals surface area contributed by atoms with Gasteiger partial charge in [0.2, 0.25) is 11.5 Å². The normalized spacial score (nSPS) is 12.3. The number of aromatic nitrogens is 3. The van der Waals surface area contributed by atoms with Crippen molar-refractivity contribution >= 4 is 23.0 Å². The van der Waals surface area contributed by atoms with Gasteiger partial charge in [0.05, 0.1) is 5.60 Å². The summed E-state index contributed by atoms with van der Waals surface area (Å²) in [4.78, 5) is 8.34. The van der Waals surface area contributed by atoms with Gasteiger partial charge in [-0.2, -0.15) is 17.7 Å². The Labute approximate surface area is 158 Å². The topological polar surface area (TPSA) is 61.9 Å². The maximum Gasteiger partial charge on any atom is 0.433 e. The van der Waals surface area contributed by atoms with E-state index in [0.29, 0.717) is 11.3 Å². The molecule has 0 aliphatic rings. The molecule has 0 amide bonds. The maximum atomic E-state index is 12.9. The highest BCUT2D eigenvalue weighted by Gasteiger charge is 2.32. The molecular formula is C18H18F3N4OS+. The van der Waals surface area contributed by atoms with Crippen molar-refractivity contribution in [2.75, 3.05) is 5.32 Å². The van der Waals surface area contributed by atoms with Crippen molar-refractivity contribution in [3.05, 3.63) is 53.4 Å². The first-order chi connectivity index (χ1) is 12.5. The summed E-state index contributed by atoms with van der Waals surface area (Å²) >= 11 is 1.52. The van der Waals surface area contributed by atoms with Crippen LogP contribution in [0.1, 0.15) is 25.1 Å². The van der Waals surface area contributed by atoms with Crippen LogP contribution in [0.4, 0.5) is 24.8 Å². The molecule has 0 unspecified atom stereocenters. The molecule has 0 fully saturated rings. The number of hydrogen-bond donors (Lipinski definition) is 2. The summed E-state index contributed by atoms with van der Waals surface area (Å²) < 4.78 is 40.5. The predicted molar refractivity (Wildman–Crippen MR) is 96.5 cm³/mol. The first kappa shape index (κ1) is 19.2. The fourth-order valence-electron chi connectivity index (χ4n) is 2.43. The first-order valence-corrected chi connectivity index (χ1v) is 8.90. The summed E-state index contributed by atoms with van der Waals surface area (Å²) in [6, 6.07) is 6.12. The largest absolute Gasteiger partial charge is 0.433 e. The number of nitrogens with zero attached hydrogens (tertiary/aromatic N) is 3. The van der Waals surface area contributed by atoms with E-state index in [0.717, 1.165) is 22.7 Å². The summed E-state index contributed by atoms with van der Waals surface area (Å²) in [7, 11) is 1.90. The van der Waals surface area contributed by atoms with E-state index >= 15 is 0 Å². The van der Waals surface area contributed by atoms with Crippen LogP contribution in [-0.2, 0) is 18.8 Å². The Bertz CT molecular complexity index is 964. The van der Waals surface area contributed by atoms with Gasteiger partial charge in [0.1, 0.15) is 17.6 Å². The molecule has 142 valence electrons. The molecule has 0 spiro atoms. The number of halogens is 3. The lowest BCUT2D eigenvalue weighted by molar-refractivity contribution is -0.666. The van der Waals surface area contributed by atoms with Crippen LogP contribution in [-0.4, -0.2) is 15.1 Å². The smallest absolute Gasteiger partial charge is 0.386 e. The lowest BCUT2D eigenvalue weighted by Crippen LogP contribution is -2.22. The van der Waals surface area contributed by atoms with E-state index < -0.39 is 17.5 Å². The van der Waals surface area contributed by atoms with E-state index in [1.807, 2.05) is 29.4 Å². The van der Waals surface area contributed by atoms with Crippen LogP contribution in [0.15, 0.2) is 42.2 Å². The van der Waals surface area contributed by atoms with Crippen molar-refractivity contribution in [1.82, 2.24) is 9.97 Å². The lowest BCUT2D eigenvalue weighted by atomic mass is 9.95. The van der Waals surface area contributed by atoms with Crippen LogP contribution < -0.4 is 9.88 Å². The third-order valence-electron chi connectivity index (χ3n) is 3.79. The number of benzene rings is 1. The second-order valence-electron chi connectivity index (χ2n) is 6.63. The summed E-state index contributed by atoms with van der Waals surface area (Å²) in [6.07, 6.45) is -1.57. The van der Waals surface area contributed by atoms with Crippen molar-refractivity contribution < 1.29 is 22.8 Å². The minimum atomic E-state index is -4.55. The van der Waals surface area contributed by atoms with Gasteiger partial charge in [-0.15, -0.1) is 0 Å². The van der Waals surface area contributed by atoms with Gasteiger partial charge in [0.25, 0.3) is 0 Å². The molecule has 0 aliphatic carbocycles. The molecule has 3 rings (SSSR count). The van der Waals surface area contributed by atoms with Crippen LogP contribution in [0.25, 0.3) is 10.4 Å². The molecule has 0 saturated heterocycles. The molecule has 2 N–H and O–H groups in total. The molecule has 27 heavy (non-hydrogen) atoms. The van der Waals surface area contributed by atoms with Crippen LogP contribution in [0.5, 0.6) is 0 Å². The molecule has 2 aromatic heterocycles. The number of aryl methyl sites for hydroxylation is 1. The number of rotatable bonds is 4. The molecule has 0 atom stereocenters. The second-order valence-corrected chi connectivity index (χ2v) is 7.51. The third kappa shape index (κ3) is 4.61. The quantitative estimate of drug-likeness (QED) is 0.655. The SMILES string of the molecule is C[n+]1csc(-c2cc(Nc3nccc(C(F)(F)F)n3)cc(C(C)(C)O)c2)c1. The Balaban J connectivity index is 2.02. The van der Waals surface area contributed by atoms with Gasteiger partial charge in [0.15, 0.2) is 6.20 Å². The van der Waals surface area contributed by atoms with E-state index in [1.54, 1.807) is 26.0 Å². The van der Waals surface area contributed by atoms with Crippen LogP contribution >= 0.6 is 11.3 Å². The van der Waals surface area contributed by atoms with Crippen molar-refractivity contribution in [2.24, 2.45) is 7.05 Å². The van der Waals surface area contributed by atoms with Crippen LogP contribution in [0, 0.1) is 0 Å². The minimum absolute atomic E-state index is 0.166. The average Bonchev–Trinajstić information content (AvgIpc) is 3.00. The maximum absolute atomic E-state index is 12.9. The van der Waals surface area contributed by atoms with Gasteiger partial charge in [-0.05, 0) is 43.7 Å². The summed E-state index contributed by atoms with van der Waals surface area (Å²) in [6.45, 7) is 3.29. The van der Waals surface area contributed by atoms with E-state index in [-0.39, 0.29) is 5.95 Å². The molecule has 0 radical (unpaired) electrons. The molecule has 0 aliphatic heterocycles. The Morgan fingerprint density at radius 1 is 1.19 bits per heavy atom. The lowest BCUT2D eigenvalue weighted by Gasteiger charge is -2.20. The summed E-state index contributed by atoms with van der Waals surface area (Å²) in [5, 5.41) is 13.2.